The lowest BCUT2D eigenvalue weighted by Gasteiger charge is -2.38. The van der Waals surface area contributed by atoms with Crippen LogP contribution >= 0.6 is 11.6 Å². The maximum absolute atomic E-state index is 12.9. The summed E-state index contributed by atoms with van der Waals surface area (Å²) >= 11 is 6.37. The van der Waals surface area contributed by atoms with Crippen molar-refractivity contribution in [2.45, 2.75) is 45.2 Å². The smallest absolute Gasteiger partial charge is 0.319 e. The van der Waals surface area contributed by atoms with Crippen LogP contribution in [-0.4, -0.2) is 45.1 Å². The molecule has 32 heavy (non-hydrogen) atoms. The fourth-order valence-electron chi connectivity index (χ4n) is 3.85. The SMILES string of the molecule is Cc1c(C(=O)N2CCC2C)cn2nccc(Oc3ccc(NC(=O)NC4CC4)c(Cl)c3)c12. The van der Waals surface area contributed by atoms with Gasteiger partial charge in [0.05, 0.1) is 22.5 Å². The Hall–Kier alpha value is -3.26. The number of anilines is 1. The number of hydrogen-bond donors (Lipinski definition) is 2. The van der Waals surface area contributed by atoms with Crippen molar-refractivity contribution < 1.29 is 14.3 Å². The predicted octanol–water partition coefficient (Wildman–Crippen LogP) is 4.61. The highest BCUT2D eigenvalue weighted by Gasteiger charge is 2.31. The Morgan fingerprint density at radius 2 is 2.03 bits per heavy atom. The van der Waals surface area contributed by atoms with Gasteiger partial charge in [0, 0.05) is 37.0 Å². The highest BCUT2D eigenvalue weighted by Crippen LogP contribution is 2.34. The summed E-state index contributed by atoms with van der Waals surface area (Å²) in [6.07, 6.45) is 6.43. The number of nitrogens with zero attached hydrogens (tertiary/aromatic N) is 3. The van der Waals surface area contributed by atoms with Crippen molar-refractivity contribution in [3.05, 3.63) is 52.8 Å². The lowest BCUT2D eigenvalue weighted by atomic mass is 10.0. The largest absolute Gasteiger partial charge is 0.455 e. The van der Waals surface area contributed by atoms with Crippen LogP contribution in [0.5, 0.6) is 11.5 Å². The van der Waals surface area contributed by atoms with Crippen LogP contribution in [0.25, 0.3) is 5.52 Å². The van der Waals surface area contributed by atoms with Gasteiger partial charge >= 0.3 is 6.03 Å². The summed E-state index contributed by atoms with van der Waals surface area (Å²) < 4.78 is 7.77. The minimum Gasteiger partial charge on any atom is -0.455 e. The van der Waals surface area contributed by atoms with E-state index in [1.807, 2.05) is 11.8 Å². The Labute approximate surface area is 190 Å². The fraction of sp³-hybridized carbons (Fsp3) is 0.348. The molecular weight excluding hydrogens is 430 g/mol. The topological polar surface area (TPSA) is 88.0 Å². The number of carbonyl (C=O) groups excluding carboxylic acids is 2. The van der Waals surface area contributed by atoms with Gasteiger partial charge < -0.3 is 20.3 Å². The van der Waals surface area contributed by atoms with Gasteiger partial charge in [0.25, 0.3) is 5.91 Å². The van der Waals surface area contributed by atoms with Gasteiger partial charge in [-0.2, -0.15) is 5.10 Å². The maximum Gasteiger partial charge on any atom is 0.319 e. The van der Waals surface area contributed by atoms with Gasteiger partial charge in [-0.3, -0.25) is 4.79 Å². The van der Waals surface area contributed by atoms with E-state index in [1.54, 1.807) is 41.2 Å². The molecule has 5 rings (SSSR count). The Morgan fingerprint density at radius 1 is 1.22 bits per heavy atom. The first-order chi connectivity index (χ1) is 15.4. The second kappa shape index (κ2) is 8.02. The number of likely N-dealkylation sites (tertiary alicyclic amines) is 1. The molecular formula is C23H24ClN5O3. The number of halogens is 1. The van der Waals surface area contributed by atoms with Crippen LogP contribution in [-0.2, 0) is 0 Å². The van der Waals surface area contributed by atoms with Gasteiger partial charge in [0.2, 0.25) is 0 Å². The summed E-state index contributed by atoms with van der Waals surface area (Å²) in [5, 5.41) is 10.3. The van der Waals surface area contributed by atoms with Crippen LogP contribution < -0.4 is 15.4 Å². The highest BCUT2D eigenvalue weighted by atomic mass is 35.5. The molecule has 1 aliphatic carbocycles. The monoisotopic (exact) mass is 453 g/mol. The highest BCUT2D eigenvalue weighted by molar-refractivity contribution is 6.33. The van der Waals surface area contributed by atoms with Crippen molar-refractivity contribution in [2.24, 2.45) is 0 Å². The second-order valence-corrected chi connectivity index (χ2v) is 8.82. The molecule has 9 heteroatoms. The third-order valence-corrected chi connectivity index (χ3v) is 6.34. The van der Waals surface area contributed by atoms with Crippen molar-refractivity contribution >= 4 is 34.7 Å². The molecule has 3 amide bonds. The number of amides is 3. The van der Waals surface area contributed by atoms with Crippen LogP contribution in [0.3, 0.4) is 0 Å². The van der Waals surface area contributed by atoms with Crippen molar-refractivity contribution in [2.75, 3.05) is 11.9 Å². The lowest BCUT2D eigenvalue weighted by Crippen LogP contribution is -2.49. The van der Waals surface area contributed by atoms with Crippen molar-refractivity contribution in [1.29, 1.82) is 0 Å². The molecule has 3 heterocycles. The molecule has 2 aromatic heterocycles. The molecule has 1 saturated heterocycles. The van der Waals surface area contributed by atoms with Gasteiger partial charge in [0.15, 0.2) is 5.75 Å². The van der Waals surface area contributed by atoms with Crippen LogP contribution in [0.4, 0.5) is 10.5 Å². The molecule has 8 nitrogen and oxygen atoms in total. The number of aromatic nitrogens is 2. The van der Waals surface area contributed by atoms with E-state index >= 15 is 0 Å². The molecule has 1 aromatic carbocycles. The third kappa shape index (κ3) is 3.86. The van der Waals surface area contributed by atoms with Gasteiger partial charge in [-0.05, 0) is 50.8 Å². The number of carbonyl (C=O) groups is 2. The number of aryl methyl sites for hydroxylation is 1. The summed E-state index contributed by atoms with van der Waals surface area (Å²) in [6, 6.07) is 7.10. The summed E-state index contributed by atoms with van der Waals surface area (Å²) in [6.45, 7) is 4.73. The van der Waals surface area contributed by atoms with Crippen molar-refractivity contribution in [1.82, 2.24) is 19.8 Å². The average molecular weight is 454 g/mol. The number of rotatable bonds is 5. The fourth-order valence-corrected chi connectivity index (χ4v) is 4.07. The Morgan fingerprint density at radius 3 is 2.69 bits per heavy atom. The molecule has 2 fully saturated rings. The summed E-state index contributed by atoms with van der Waals surface area (Å²) in [5.74, 6) is 1.10. The normalized spacial score (nSPS) is 17.7. The van der Waals surface area contributed by atoms with Crippen LogP contribution in [0, 0.1) is 6.92 Å². The quantitative estimate of drug-likeness (QED) is 0.590. The molecule has 0 radical (unpaired) electrons. The summed E-state index contributed by atoms with van der Waals surface area (Å²) in [5.41, 5.74) is 2.68. The zero-order chi connectivity index (χ0) is 22.4. The van der Waals surface area contributed by atoms with E-state index < -0.39 is 0 Å². The molecule has 2 N–H and O–H groups in total. The zero-order valence-corrected chi connectivity index (χ0v) is 18.6. The van der Waals surface area contributed by atoms with Crippen molar-refractivity contribution in [3.63, 3.8) is 0 Å². The minimum absolute atomic E-state index is 0.0145. The van der Waals surface area contributed by atoms with Gasteiger partial charge in [-0.25, -0.2) is 9.31 Å². The Balaban J connectivity index is 1.38. The van der Waals surface area contributed by atoms with Gasteiger partial charge in [-0.15, -0.1) is 0 Å². The molecule has 0 spiro atoms. The Kier molecular flexibility index (Phi) is 5.17. The third-order valence-electron chi connectivity index (χ3n) is 6.03. The molecule has 1 unspecified atom stereocenters. The first-order valence-electron chi connectivity index (χ1n) is 10.7. The number of urea groups is 1. The van der Waals surface area contributed by atoms with Crippen LogP contribution in [0.2, 0.25) is 5.02 Å². The number of benzene rings is 1. The number of ether oxygens (including phenoxy) is 1. The zero-order valence-electron chi connectivity index (χ0n) is 17.9. The van der Waals surface area contributed by atoms with E-state index in [0.717, 1.165) is 36.9 Å². The van der Waals surface area contributed by atoms with E-state index in [-0.39, 0.29) is 24.0 Å². The summed E-state index contributed by atoms with van der Waals surface area (Å²) in [4.78, 5) is 26.8. The summed E-state index contributed by atoms with van der Waals surface area (Å²) in [7, 11) is 0. The molecule has 0 bridgehead atoms. The molecule has 166 valence electrons. The second-order valence-electron chi connectivity index (χ2n) is 8.41. The average Bonchev–Trinajstić information content (AvgIpc) is 3.49. The van der Waals surface area contributed by atoms with E-state index in [4.69, 9.17) is 16.3 Å². The first kappa shape index (κ1) is 20.6. The van der Waals surface area contributed by atoms with E-state index in [9.17, 15) is 9.59 Å². The lowest BCUT2D eigenvalue weighted by molar-refractivity contribution is 0.0501. The van der Waals surface area contributed by atoms with Gasteiger partial charge in [0.1, 0.15) is 11.3 Å². The molecule has 3 aromatic rings. The molecule has 2 aliphatic rings. The molecule has 1 saturated carbocycles. The maximum atomic E-state index is 12.9. The Bertz CT molecular complexity index is 1220. The van der Waals surface area contributed by atoms with Gasteiger partial charge in [-0.1, -0.05) is 11.6 Å². The van der Waals surface area contributed by atoms with E-state index in [1.165, 1.54) is 0 Å². The van der Waals surface area contributed by atoms with Crippen LogP contribution in [0.1, 0.15) is 42.1 Å². The first-order valence-corrected chi connectivity index (χ1v) is 11.1. The predicted molar refractivity (Wildman–Crippen MR) is 122 cm³/mol. The van der Waals surface area contributed by atoms with Crippen molar-refractivity contribution in [3.8, 4) is 11.5 Å². The molecule has 1 atom stereocenters. The van der Waals surface area contributed by atoms with E-state index in [2.05, 4.69) is 22.7 Å². The number of nitrogens with one attached hydrogen (secondary N) is 2. The minimum atomic E-state index is -0.267. The standard InChI is InChI=1S/C23H24ClN5O3/c1-13-8-10-28(13)22(30)17-12-29-21(14(17)2)20(7-9-25-29)32-16-5-6-19(18(24)11-16)27-23(31)26-15-3-4-15/h5-7,9,11-13,15H,3-4,8,10H2,1-2H3,(H2,26,27,31). The number of hydrogen-bond acceptors (Lipinski definition) is 4. The molecule has 1 aliphatic heterocycles. The van der Waals surface area contributed by atoms with Crippen LogP contribution in [0.15, 0.2) is 36.7 Å². The number of fused-ring (bicyclic) bond motifs is 1. The van der Waals surface area contributed by atoms with E-state index in [0.29, 0.717) is 27.8 Å².